The number of ketones is 1. The maximum Gasteiger partial charge on any atom is 0.262 e. The van der Waals surface area contributed by atoms with Gasteiger partial charge in [0.25, 0.3) is 5.78 Å². The SMILES string of the molecule is COc1cccc(C[N+]2(C)C=c3ccnc4c3=C2C(=O)C(N)=C4)c1. The second-order valence-corrected chi connectivity index (χ2v) is 6.34. The lowest BCUT2D eigenvalue weighted by atomic mass is 10.0. The number of nitrogens with two attached hydrogens (primary N) is 1. The van der Waals surface area contributed by atoms with Gasteiger partial charge in [0.1, 0.15) is 18.5 Å². The Kier molecular flexibility index (Phi) is 3.08. The van der Waals surface area contributed by atoms with Gasteiger partial charge in [0.15, 0.2) is 5.70 Å². The Morgan fingerprint density at radius 2 is 2.12 bits per heavy atom. The largest absolute Gasteiger partial charge is 0.497 e. The van der Waals surface area contributed by atoms with E-state index < -0.39 is 0 Å². The number of methoxy groups -OCH3 is 1. The van der Waals surface area contributed by atoms with Gasteiger partial charge in [-0.15, -0.1) is 0 Å². The molecule has 1 aromatic carbocycles. The van der Waals surface area contributed by atoms with Gasteiger partial charge >= 0.3 is 0 Å². The van der Waals surface area contributed by atoms with Gasteiger partial charge in [-0.05, 0) is 24.3 Å². The van der Waals surface area contributed by atoms with Gasteiger partial charge in [0.2, 0.25) is 0 Å². The van der Waals surface area contributed by atoms with Crippen molar-refractivity contribution >= 4 is 23.8 Å². The molecule has 5 heteroatoms. The zero-order valence-electron chi connectivity index (χ0n) is 13.6. The number of nitrogens with zero attached hydrogens (tertiary/aromatic N) is 2. The van der Waals surface area contributed by atoms with Crippen molar-refractivity contribution in [2.45, 2.75) is 6.54 Å². The van der Waals surface area contributed by atoms with E-state index in [1.54, 1.807) is 19.4 Å². The fourth-order valence-corrected chi connectivity index (χ4v) is 3.57. The Bertz CT molecular complexity index is 1020. The lowest BCUT2D eigenvalue weighted by Gasteiger charge is -2.29. The van der Waals surface area contributed by atoms with Gasteiger partial charge in [0, 0.05) is 17.0 Å². The molecule has 1 aliphatic carbocycles. The topological polar surface area (TPSA) is 65.2 Å². The third-order valence-corrected chi connectivity index (χ3v) is 4.60. The number of hydrogen-bond acceptors (Lipinski definition) is 4. The number of quaternary nitrogens is 1. The zero-order chi connectivity index (χ0) is 16.9. The normalized spacial score (nSPS) is 21.2. The number of aromatic nitrogens is 1. The highest BCUT2D eigenvalue weighted by molar-refractivity contribution is 6.24. The minimum Gasteiger partial charge on any atom is -0.497 e. The van der Waals surface area contributed by atoms with Crippen molar-refractivity contribution in [1.82, 2.24) is 4.98 Å². The van der Waals surface area contributed by atoms with Gasteiger partial charge in [-0.2, -0.15) is 0 Å². The van der Waals surface area contributed by atoms with Gasteiger partial charge < -0.3 is 10.5 Å². The van der Waals surface area contributed by atoms with Crippen molar-refractivity contribution in [2.24, 2.45) is 5.73 Å². The van der Waals surface area contributed by atoms with E-state index >= 15 is 0 Å². The van der Waals surface area contributed by atoms with E-state index in [9.17, 15) is 4.79 Å². The van der Waals surface area contributed by atoms with Crippen LogP contribution in [-0.2, 0) is 11.3 Å². The fraction of sp³-hybridized carbons (Fsp3) is 0.158. The van der Waals surface area contributed by atoms with Crippen molar-refractivity contribution in [1.29, 1.82) is 0 Å². The first-order valence-electron chi connectivity index (χ1n) is 7.75. The fourth-order valence-electron chi connectivity index (χ4n) is 3.57. The minimum absolute atomic E-state index is 0.115. The van der Waals surface area contributed by atoms with Crippen LogP contribution >= 0.6 is 0 Å². The van der Waals surface area contributed by atoms with Crippen molar-refractivity contribution in [2.75, 3.05) is 14.2 Å². The van der Waals surface area contributed by atoms with Crippen LogP contribution in [0.15, 0.2) is 42.2 Å². The number of likely N-dealkylation sites (N-methyl/N-ethyl adjacent to an activating group) is 1. The summed E-state index contributed by atoms with van der Waals surface area (Å²) in [6, 6.07) is 9.84. The van der Waals surface area contributed by atoms with Crippen LogP contribution in [0, 0.1) is 0 Å². The molecule has 24 heavy (non-hydrogen) atoms. The molecule has 2 aromatic rings. The molecule has 5 nitrogen and oxygen atoms in total. The number of benzene rings is 1. The molecule has 0 amide bonds. The molecule has 1 unspecified atom stereocenters. The van der Waals surface area contributed by atoms with Crippen LogP contribution in [0.5, 0.6) is 5.75 Å². The number of pyridine rings is 1. The molecule has 0 fully saturated rings. The molecule has 0 radical (unpaired) electrons. The van der Waals surface area contributed by atoms with Gasteiger partial charge in [-0.3, -0.25) is 14.3 Å². The van der Waals surface area contributed by atoms with E-state index in [-0.39, 0.29) is 11.5 Å². The summed E-state index contributed by atoms with van der Waals surface area (Å²) in [5, 5.41) is 1.93. The molecule has 120 valence electrons. The highest BCUT2D eigenvalue weighted by atomic mass is 16.5. The summed E-state index contributed by atoms with van der Waals surface area (Å²) < 4.78 is 5.68. The predicted molar refractivity (Wildman–Crippen MR) is 91.4 cm³/mol. The van der Waals surface area contributed by atoms with Crippen LogP contribution in [0.25, 0.3) is 18.0 Å². The highest BCUT2D eigenvalue weighted by Crippen LogP contribution is 2.28. The van der Waals surface area contributed by atoms with E-state index in [0.29, 0.717) is 16.7 Å². The third-order valence-electron chi connectivity index (χ3n) is 4.60. The van der Waals surface area contributed by atoms with Crippen molar-refractivity contribution in [3.63, 3.8) is 0 Å². The Hall–Kier alpha value is -2.92. The second kappa shape index (κ2) is 5.04. The number of carbonyl (C=O) groups is 1. The zero-order valence-corrected chi connectivity index (χ0v) is 13.6. The van der Waals surface area contributed by atoms with Crippen LogP contribution in [-0.4, -0.2) is 29.4 Å². The summed E-state index contributed by atoms with van der Waals surface area (Å²) in [7, 11) is 3.67. The van der Waals surface area contributed by atoms with Crippen LogP contribution < -0.4 is 20.9 Å². The molecule has 1 aliphatic heterocycles. The molecular formula is C19H18N3O2+. The van der Waals surface area contributed by atoms with E-state index in [0.717, 1.165) is 27.4 Å². The quantitative estimate of drug-likeness (QED) is 0.836. The number of carbonyl (C=O) groups excluding carboxylic acids is 1. The Morgan fingerprint density at radius 3 is 2.92 bits per heavy atom. The van der Waals surface area contributed by atoms with E-state index in [2.05, 4.69) is 11.2 Å². The van der Waals surface area contributed by atoms with Gasteiger partial charge in [-0.1, -0.05) is 12.1 Å². The summed E-state index contributed by atoms with van der Waals surface area (Å²) in [5.41, 5.74) is 8.74. The van der Waals surface area contributed by atoms with Crippen molar-refractivity contribution in [3.8, 4) is 5.75 Å². The van der Waals surface area contributed by atoms with E-state index in [1.165, 1.54) is 0 Å². The molecule has 1 atom stereocenters. The molecule has 1 aromatic heterocycles. The predicted octanol–water partition coefficient (Wildman–Crippen LogP) is 0.479. The first-order chi connectivity index (χ1) is 11.5. The van der Waals surface area contributed by atoms with Crippen LogP contribution in [0.2, 0.25) is 0 Å². The molecule has 0 saturated carbocycles. The average Bonchev–Trinajstić information content (AvgIpc) is 2.86. The third kappa shape index (κ3) is 2.06. The van der Waals surface area contributed by atoms with E-state index in [4.69, 9.17) is 10.5 Å². The number of ether oxygens (including phenoxy) is 1. The molecule has 0 spiro atoms. The van der Waals surface area contributed by atoms with Gasteiger partial charge in [-0.25, -0.2) is 0 Å². The minimum atomic E-state index is -0.115. The standard InChI is InChI=1S/C19H18N3O2/c1-22(10-12-4-3-5-14(8-12)24-2)11-13-6-7-21-16-9-15(20)19(23)18(22)17(13)16/h3-9,11H,10,20H2,1-2H3/q+1. The first-order valence-corrected chi connectivity index (χ1v) is 7.75. The Morgan fingerprint density at radius 1 is 1.29 bits per heavy atom. The summed E-state index contributed by atoms with van der Waals surface area (Å²) >= 11 is 0. The van der Waals surface area contributed by atoms with Crippen LogP contribution in [0.3, 0.4) is 0 Å². The average molecular weight is 320 g/mol. The molecule has 2 heterocycles. The first kappa shape index (κ1) is 14.7. The lowest BCUT2D eigenvalue weighted by Crippen LogP contribution is -2.42. The number of rotatable bonds is 3. The Labute approximate surface area is 139 Å². The summed E-state index contributed by atoms with van der Waals surface area (Å²) in [6.45, 7) is 0.639. The smallest absolute Gasteiger partial charge is 0.262 e. The maximum atomic E-state index is 12.8. The summed E-state index contributed by atoms with van der Waals surface area (Å²) in [4.78, 5) is 17.1. The molecule has 4 rings (SSSR count). The molecule has 0 saturated heterocycles. The molecule has 2 aliphatic rings. The molecule has 2 N–H and O–H groups in total. The van der Waals surface area contributed by atoms with E-state index in [1.807, 2.05) is 37.4 Å². The molecular weight excluding hydrogens is 302 g/mol. The van der Waals surface area contributed by atoms with Crippen LogP contribution in [0.4, 0.5) is 0 Å². The molecule has 0 bridgehead atoms. The highest BCUT2D eigenvalue weighted by Gasteiger charge is 2.40. The monoisotopic (exact) mass is 320 g/mol. The summed E-state index contributed by atoms with van der Waals surface area (Å²) in [5.74, 6) is 0.688. The lowest BCUT2D eigenvalue weighted by molar-refractivity contribution is -0.768. The van der Waals surface area contributed by atoms with Crippen molar-refractivity contribution < 1.29 is 14.0 Å². The van der Waals surface area contributed by atoms with Crippen molar-refractivity contribution in [3.05, 3.63) is 63.9 Å². The van der Waals surface area contributed by atoms with Crippen LogP contribution in [0.1, 0.15) is 11.3 Å². The number of hydrogen-bond donors (Lipinski definition) is 1. The Balaban J connectivity index is 1.88. The van der Waals surface area contributed by atoms with Gasteiger partial charge in [0.05, 0.1) is 30.8 Å². The number of Topliss-reactive ketones (excluding diaryl/α,β-unsaturated/α-hetero) is 1. The summed E-state index contributed by atoms with van der Waals surface area (Å²) in [6.07, 6.45) is 5.52. The maximum absolute atomic E-state index is 12.8. The second-order valence-electron chi connectivity index (χ2n) is 6.34.